The lowest BCUT2D eigenvalue weighted by Gasteiger charge is -2.27. The lowest BCUT2D eigenvalue weighted by molar-refractivity contribution is -0.142. The fraction of sp³-hybridized carbons (Fsp3) is 0.300. The van der Waals surface area contributed by atoms with Crippen LogP contribution in [0.3, 0.4) is 0 Å². The van der Waals surface area contributed by atoms with Crippen LogP contribution in [0.25, 0.3) is 11.1 Å². The van der Waals surface area contributed by atoms with Crippen LogP contribution in [0.4, 0.5) is 0 Å². The van der Waals surface area contributed by atoms with Gasteiger partial charge in [0.2, 0.25) is 0 Å². The number of carbonyl (C=O) groups excluding carboxylic acids is 2. The van der Waals surface area contributed by atoms with Gasteiger partial charge in [-0.25, -0.2) is 0 Å². The minimum absolute atomic E-state index is 0.0103. The summed E-state index contributed by atoms with van der Waals surface area (Å²) in [5.74, 6) is -0.707. The molecule has 0 aromatic heterocycles. The fourth-order valence-corrected chi connectivity index (χ4v) is 4.51. The summed E-state index contributed by atoms with van der Waals surface area (Å²) < 4.78 is 4.93. The summed E-state index contributed by atoms with van der Waals surface area (Å²) in [4.78, 5) is 25.4. The van der Waals surface area contributed by atoms with Gasteiger partial charge in [0.05, 0.1) is 13.5 Å². The Morgan fingerprint density at radius 1 is 0.946 bits per heavy atom. The van der Waals surface area contributed by atoms with Crippen molar-refractivity contribution in [2.45, 2.75) is 38.8 Å². The number of hydrogen-bond acceptors (Lipinski definition) is 5. The molecule has 3 aromatic rings. The lowest BCUT2D eigenvalue weighted by atomic mass is 9.87. The second-order valence-corrected chi connectivity index (χ2v) is 9.15. The summed E-state index contributed by atoms with van der Waals surface area (Å²) in [7, 11) is 3.29. The number of ether oxygens (including phenoxy) is 1. The first kappa shape index (κ1) is 27.6. The van der Waals surface area contributed by atoms with Gasteiger partial charge >= 0.3 is 5.97 Å². The van der Waals surface area contributed by atoms with E-state index >= 15 is 0 Å². The molecule has 0 aliphatic rings. The smallest absolute Gasteiger partial charge is 0.305 e. The van der Waals surface area contributed by atoms with Gasteiger partial charge in [-0.05, 0) is 72.3 Å². The first-order chi connectivity index (χ1) is 17.8. The minimum Gasteiger partial charge on any atom is -0.469 e. The summed E-state index contributed by atoms with van der Waals surface area (Å²) >= 11 is 0. The van der Waals surface area contributed by atoms with E-state index in [4.69, 9.17) is 15.9 Å². The minimum atomic E-state index is -0.328. The van der Waals surface area contributed by atoms with Crippen LogP contribution < -0.4 is 16.4 Å². The third-order valence-corrected chi connectivity index (χ3v) is 6.51. The van der Waals surface area contributed by atoms with E-state index in [0.717, 1.165) is 23.2 Å². The highest BCUT2D eigenvalue weighted by Crippen LogP contribution is 2.23. The van der Waals surface area contributed by atoms with Crippen molar-refractivity contribution >= 4 is 17.7 Å². The number of rotatable bonds is 12. The molecule has 3 rings (SSSR count). The number of hydrogen-bond donors (Lipinski definition) is 4. The van der Waals surface area contributed by atoms with Gasteiger partial charge < -0.3 is 21.1 Å². The number of benzene rings is 3. The standard InChI is InChI=1S/C30H36N4O3/c1-4-27(26(18-28(35)37-3)16-20-7-5-10-25(15-20)29(31)32)34-30(36)23-13-11-22(12-14-23)24-9-6-8-21(17-24)19-33-2/h5-15,17,26-27,33H,4,16,18-19H2,1-3H3,(H3,31,32)(H,34,36). The Bertz CT molecular complexity index is 1220. The van der Waals surface area contributed by atoms with Crippen LogP contribution in [-0.4, -0.2) is 37.9 Å². The maximum atomic E-state index is 13.2. The van der Waals surface area contributed by atoms with E-state index in [0.29, 0.717) is 24.0 Å². The SMILES string of the molecule is CCC(NC(=O)c1ccc(-c2cccc(CNC)c2)cc1)C(CC(=O)OC)Cc1cccc(C(=N)N)c1. The van der Waals surface area contributed by atoms with E-state index in [1.54, 1.807) is 6.07 Å². The van der Waals surface area contributed by atoms with E-state index in [1.807, 2.05) is 62.5 Å². The van der Waals surface area contributed by atoms with E-state index in [1.165, 1.54) is 12.7 Å². The average Bonchev–Trinajstić information content (AvgIpc) is 2.91. The Morgan fingerprint density at radius 2 is 1.65 bits per heavy atom. The Morgan fingerprint density at radius 3 is 2.30 bits per heavy atom. The molecular formula is C30H36N4O3. The normalized spacial score (nSPS) is 12.4. The highest BCUT2D eigenvalue weighted by molar-refractivity contribution is 5.95. The summed E-state index contributed by atoms with van der Waals surface area (Å²) in [6, 6.07) is 23.0. The summed E-state index contributed by atoms with van der Waals surface area (Å²) in [6.45, 7) is 2.78. The molecule has 1 amide bonds. The molecule has 0 heterocycles. The molecular weight excluding hydrogens is 464 g/mol. The van der Waals surface area contributed by atoms with Crippen LogP contribution in [-0.2, 0) is 22.5 Å². The molecule has 0 bridgehead atoms. The maximum Gasteiger partial charge on any atom is 0.305 e. The number of amidine groups is 1. The van der Waals surface area contributed by atoms with Crippen molar-refractivity contribution in [3.8, 4) is 11.1 Å². The maximum absolute atomic E-state index is 13.2. The highest BCUT2D eigenvalue weighted by Gasteiger charge is 2.26. The molecule has 0 aliphatic heterocycles. The zero-order chi connectivity index (χ0) is 26.8. The van der Waals surface area contributed by atoms with Crippen LogP contribution >= 0.6 is 0 Å². The third-order valence-electron chi connectivity index (χ3n) is 6.51. The number of carbonyl (C=O) groups is 2. The van der Waals surface area contributed by atoms with Crippen molar-refractivity contribution < 1.29 is 14.3 Å². The molecule has 0 saturated carbocycles. The molecule has 7 nitrogen and oxygen atoms in total. The van der Waals surface area contributed by atoms with Crippen molar-refractivity contribution in [3.63, 3.8) is 0 Å². The van der Waals surface area contributed by atoms with Crippen LogP contribution in [0.15, 0.2) is 72.8 Å². The van der Waals surface area contributed by atoms with E-state index in [9.17, 15) is 9.59 Å². The Labute approximate surface area is 218 Å². The van der Waals surface area contributed by atoms with Gasteiger partial charge in [0.15, 0.2) is 0 Å². The third kappa shape index (κ3) is 7.75. The van der Waals surface area contributed by atoms with Crippen molar-refractivity contribution in [3.05, 3.63) is 95.1 Å². The van der Waals surface area contributed by atoms with E-state index in [2.05, 4.69) is 28.8 Å². The van der Waals surface area contributed by atoms with E-state index in [-0.39, 0.29) is 36.1 Å². The number of methoxy groups -OCH3 is 1. The first-order valence-electron chi connectivity index (χ1n) is 12.5. The number of nitrogens with one attached hydrogen (secondary N) is 3. The van der Waals surface area contributed by atoms with Crippen LogP contribution in [0.2, 0.25) is 0 Å². The molecule has 2 unspecified atom stereocenters. The average molecular weight is 501 g/mol. The second kappa shape index (κ2) is 13.4. The molecule has 37 heavy (non-hydrogen) atoms. The molecule has 0 radical (unpaired) electrons. The Kier molecular flexibility index (Phi) is 9.98. The van der Waals surface area contributed by atoms with Crippen molar-refractivity contribution in [1.82, 2.24) is 10.6 Å². The molecule has 0 spiro atoms. The molecule has 0 saturated heterocycles. The van der Waals surface area contributed by atoms with Gasteiger partial charge in [-0.2, -0.15) is 0 Å². The van der Waals surface area contributed by atoms with E-state index < -0.39 is 0 Å². The molecule has 3 aromatic carbocycles. The number of esters is 1. The van der Waals surface area contributed by atoms with Gasteiger partial charge in [-0.3, -0.25) is 15.0 Å². The predicted molar refractivity (Wildman–Crippen MR) is 147 cm³/mol. The zero-order valence-corrected chi connectivity index (χ0v) is 21.7. The fourth-order valence-electron chi connectivity index (χ4n) is 4.51. The van der Waals surface area contributed by atoms with Gasteiger partial charge in [-0.15, -0.1) is 0 Å². The zero-order valence-electron chi connectivity index (χ0n) is 21.7. The molecule has 5 N–H and O–H groups in total. The molecule has 0 aliphatic carbocycles. The number of nitrogen functional groups attached to an aromatic ring is 1. The quantitative estimate of drug-likeness (QED) is 0.168. The summed E-state index contributed by atoms with van der Waals surface area (Å²) in [5.41, 5.74) is 11.1. The molecule has 194 valence electrons. The largest absolute Gasteiger partial charge is 0.469 e. The van der Waals surface area contributed by atoms with Gasteiger partial charge in [0.25, 0.3) is 5.91 Å². The van der Waals surface area contributed by atoms with Crippen molar-refractivity contribution in [2.24, 2.45) is 11.7 Å². The molecule has 2 atom stereocenters. The van der Waals surface area contributed by atoms with Crippen molar-refractivity contribution in [1.29, 1.82) is 5.41 Å². The molecule has 0 fully saturated rings. The van der Waals surface area contributed by atoms with Gasteiger partial charge in [0, 0.05) is 23.7 Å². The van der Waals surface area contributed by atoms with Gasteiger partial charge in [0.1, 0.15) is 5.84 Å². The summed E-state index contributed by atoms with van der Waals surface area (Å²) in [6.07, 6.45) is 1.36. The lowest BCUT2D eigenvalue weighted by Crippen LogP contribution is -2.41. The first-order valence-corrected chi connectivity index (χ1v) is 12.5. The predicted octanol–water partition coefficient (Wildman–Crippen LogP) is 4.29. The Balaban J connectivity index is 1.76. The summed E-state index contributed by atoms with van der Waals surface area (Å²) in [5, 5.41) is 14.0. The van der Waals surface area contributed by atoms with Crippen molar-refractivity contribution in [2.75, 3.05) is 14.2 Å². The van der Waals surface area contributed by atoms with Crippen LogP contribution in [0.1, 0.15) is 46.8 Å². The number of amides is 1. The van der Waals surface area contributed by atoms with Crippen LogP contribution in [0.5, 0.6) is 0 Å². The monoisotopic (exact) mass is 500 g/mol. The molecule has 7 heteroatoms. The highest BCUT2D eigenvalue weighted by atomic mass is 16.5. The number of nitrogens with two attached hydrogens (primary N) is 1. The van der Waals surface area contributed by atoms with Gasteiger partial charge in [-0.1, -0.05) is 55.5 Å². The topological polar surface area (TPSA) is 117 Å². The van der Waals surface area contributed by atoms with Crippen LogP contribution in [0, 0.1) is 11.3 Å². The second-order valence-electron chi connectivity index (χ2n) is 9.15. The Hall–Kier alpha value is -3.97.